The van der Waals surface area contributed by atoms with Crippen molar-refractivity contribution in [2.45, 2.75) is 6.61 Å². The molecule has 1 amide bonds. The minimum Gasteiger partial charge on any atom is -0.489 e. The van der Waals surface area contributed by atoms with Gasteiger partial charge in [-0.05, 0) is 35.9 Å². The largest absolute Gasteiger partial charge is 0.489 e. The fraction of sp³-hybridized carbons (Fsp3) is 0.188. The fourth-order valence-electron chi connectivity index (χ4n) is 1.77. The van der Waals surface area contributed by atoms with E-state index in [1.807, 2.05) is 12.1 Å². The maximum atomic E-state index is 11.9. The van der Waals surface area contributed by atoms with Crippen LogP contribution in [0.15, 0.2) is 42.5 Å². The van der Waals surface area contributed by atoms with Gasteiger partial charge in [-0.25, -0.2) is 0 Å². The molecule has 2 aromatic carbocycles. The summed E-state index contributed by atoms with van der Waals surface area (Å²) in [5, 5.41) is 1.01. The molecule has 21 heavy (non-hydrogen) atoms. The molecule has 0 saturated heterocycles. The molecule has 0 aromatic heterocycles. The Hall–Kier alpha value is -1.71. The lowest BCUT2D eigenvalue weighted by Gasteiger charge is -2.12. The van der Waals surface area contributed by atoms with Crippen molar-refractivity contribution in [2.75, 3.05) is 14.1 Å². The predicted octanol–water partition coefficient (Wildman–Crippen LogP) is 4.27. The molecule has 0 aliphatic heterocycles. The second-order valence-electron chi connectivity index (χ2n) is 4.76. The Morgan fingerprint density at radius 3 is 2.52 bits per heavy atom. The highest BCUT2D eigenvalue weighted by molar-refractivity contribution is 6.42. The summed E-state index contributed by atoms with van der Waals surface area (Å²) in [6.07, 6.45) is 0. The van der Waals surface area contributed by atoms with Gasteiger partial charge in [0.05, 0.1) is 10.0 Å². The molecule has 0 spiro atoms. The molecule has 0 fully saturated rings. The molecule has 0 radical (unpaired) electrons. The molecule has 0 saturated carbocycles. The molecule has 0 aliphatic carbocycles. The first-order valence-electron chi connectivity index (χ1n) is 6.36. The van der Waals surface area contributed by atoms with Gasteiger partial charge in [0.25, 0.3) is 5.91 Å². The van der Waals surface area contributed by atoms with Crippen LogP contribution in [0.4, 0.5) is 0 Å². The molecule has 2 aromatic rings. The third kappa shape index (κ3) is 4.13. The molecule has 0 N–H and O–H groups in total. The minimum atomic E-state index is -0.0602. The summed E-state index contributed by atoms with van der Waals surface area (Å²) in [6.45, 7) is 0.358. The van der Waals surface area contributed by atoms with Crippen LogP contribution in [-0.4, -0.2) is 24.9 Å². The average Bonchev–Trinajstić information content (AvgIpc) is 2.48. The van der Waals surface area contributed by atoms with E-state index >= 15 is 0 Å². The number of ether oxygens (including phenoxy) is 1. The highest BCUT2D eigenvalue weighted by Crippen LogP contribution is 2.23. The second-order valence-corrected chi connectivity index (χ2v) is 5.58. The van der Waals surface area contributed by atoms with E-state index in [9.17, 15) is 4.79 Å². The van der Waals surface area contributed by atoms with Crippen LogP contribution in [-0.2, 0) is 6.61 Å². The van der Waals surface area contributed by atoms with Crippen LogP contribution < -0.4 is 4.74 Å². The van der Waals surface area contributed by atoms with E-state index in [-0.39, 0.29) is 5.91 Å². The first-order chi connectivity index (χ1) is 9.97. The topological polar surface area (TPSA) is 29.5 Å². The van der Waals surface area contributed by atoms with Gasteiger partial charge in [0.2, 0.25) is 0 Å². The standard InChI is InChI=1S/C16H15Cl2NO2/c1-19(2)16(20)12-4-3-5-13(9-12)21-10-11-6-7-14(17)15(18)8-11/h3-9H,10H2,1-2H3. The van der Waals surface area contributed by atoms with E-state index < -0.39 is 0 Å². The fourth-order valence-corrected chi connectivity index (χ4v) is 2.09. The van der Waals surface area contributed by atoms with E-state index in [2.05, 4.69) is 0 Å². The summed E-state index contributed by atoms with van der Waals surface area (Å²) in [7, 11) is 3.43. The van der Waals surface area contributed by atoms with Crippen LogP contribution in [0.2, 0.25) is 10.0 Å². The normalized spacial score (nSPS) is 10.3. The van der Waals surface area contributed by atoms with Gasteiger partial charge in [-0.3, -0.25) is 4.79 Å². The predicted molar refractivity (Wildman–Crippen MR) is 85.3 cm³/mol. The van der Waals surface area contributed by atoms with Gasteiger partial charge >= 0.3 is 0 Å². The summed E-state index contributed by atoms with van der Waals surface area (Å²) in [4.78, 5) is 13.4. The quantitative estimate of drug-likeness (QED) is 0.840. The van der Waals surface area contributed by atoms with E-state index in [1.54, 1.807) is 44.4 Å². The average molecular weight is 324 g/mol. The third-order valence-corrected chi connectivity index (χ3v) is 3.62. The maximum absolute atomic E-state index is 11.9. The Kier molecular flexibility index (Phi) is 5.10. The van der Waals surface area contributed by atoms with Crippen molar-refractivity contribution in [1.82, 2.24) is 4.90 Å². The lowest BCUT2D eigenvalue weighted by Crippen LogP contribution is -2.21. The first-order valence-corrected chi connectivity index (χ1v) is 7.11. The lowest BCUT2D eigenvalue weighted by atomic mass is 10.2. The number of nitrogens with zero attached hydrogens (tertiary/aromatic N) is 1. The molecule has 5 heteroatoms. The van der Waals surface area contributed by atoms with Crippen molar-refractivity contribution in [3.05, 3.63) is 63.6 Å². The molecule has 110 valence electrons. The summed E-state index contributed by atoms with van der Waals surface area (Å²) in [5.74, 6) is 0.573. The number of amides is 1. The van der Waals surface area contributed by atoms with Crippen molar-refractivity contribution >= 4 is 29.1 Å². The number of carbonyl (C=O) groups is 1. The number of benzene rings is 2. The third-order valence-electron chi connectivity index (χ3n) is 2.88. The highest BCUT2D eigenvalue weighted by atomic mass is 35.5. The van der Waals surface area contributed by atoms with E-state index in [0.29, 0.717) is 28.0 Å². The number of halogens is 2. The van der Waals surface area contributed by atoms with Gasteiger partial charge in [0.1, 0.15) is 12.4 Å². The van der Waals surface area contributed by atoms with Crippen molar-refractivity contribution in [2.24, 2.45) is 0 Å². The van der Waals surface area contributed by atoms with Crippen LogP contribution in [0.3, 0.4) is 0 Å². The van der Waals surface area contributed by atoms with Crippen LogP contribution in [0.25, 0.3) is 0 Å². The maximum Gasteiger partial charge on any atom is 0.253 e. The Bertz CT molecular complexity index is 656. The lowest BCUT2D eigenvalue weighted by molar-refractivity contribution is 0.0827. The van der Waals surface area contributed by atoms with Crippen LogP contribution in [0.1, 0.15) is 15.9 Å². The zero-order valence-electron chi connectivity index (χ0n) is 11.8. The van der Waals surface area contributed by atoms with Crippen molar-refractivity contribution in [1.29, 1.82) is 0 Å². The van der Waals surface area contributed by atoms with Gasteiger partial charge < -0.3 is 9.64 Å². The van der Waals surface area contributed by atoms with E-state index in [0.717, 1.165) is 5.56 Å². The van der Waals surface area contributed by atoms with Gasteiger partial charge in [-0.15, -0.1) is 0 Å². The van der Waals surface area contributed by atoms with Gasteiger partial charge in [-0.1, -0.05) is 35.3 Å². The van der Waals surface area contributed by atoms with Gasteiger partial charge in [0, 0.05) is 19.7 Å². The summed E-state index contributed by atoms with van der Waals surface area (Å²) in [6, 6.07) is 12.4. The molecule has 3 nitrogen and oxygen atoms in total. The van der Waals surface area contributed by atoms with Crippen LogP contribution in [0.5, 0.6) is 5.75 Å². The smallest absolute Gasteiger partial charge is 0.253 e. The minimum absolute atomic E-state index is 0.0602. The molecule has 0 heterocycles. The van der Waals surface area contributed by atoms with Crippen molar-refractivity contribution in [3.63, 3.8) is 0 Å². The molecule has 0 bridgehead atoms. The number of rotatable bonds is 4. The Morgan fingerprint density at radius 1 is 1.10 bits per heavy atom. The molecule has 2 rings (SSSR count). The molecule has 0 atom stereocenters. The molecule has 0 aliphatic rings. The zero-order chi connectivity index (χ0) is 15.4. The van der Waals surface area contributed by atoms with Crippen molar-refractivity contribution in [3.8, 4) is 5.75 Å². The monoisotopic (exact) mass is 323 g/mol. The first kappa shape index (κ1) is 15.7. The number of hydrogen-bond donors (Lipinski definition) is 0. The van der Waals surface area contributed by atoms with E-state index in [4.69, 9.17) is 27.9 Å². The Balaban J connectivity index is 2.08. The summed E-state index contributed by atoms with van der Waals surface area (Å²) >= 11 is 11.8. The number of hydrogen-bond acceptors (Lipinski definition) is 2. The Morgan fingerprint density at radius 2 is 1.86 bits per heavy atom. The van der Waals surface area contributed by atoms with Crippen molar-refractivity contribution < 1.29 is 9.53 Å². The Labute approximate surface area is 134 Å². The second kappa shape index (κ2) is 6.83. The number of carbonyl (C=O) groups excluding carboxylic acids is 1. The highest BCUT2D eigenvalue weighted by Gasteiger charge is 2.08. The molecular weight excluding hydrogens is 309 g/mol. The zero-order valence-corrected chi connectivity index (χ0v) is 13.3. The molecule has 0 unspecified atom stereocenters. The molecular formula is C16H15Cl2NO2. The van der Waals surface area contributed by atoms with E-state index in [1.165, 1.54) is 4.90 Å². The van der Waals surface area contributed by atoms with Crippen LogP contribution >= 0.6 is 23.2 Å². The SMILES string of the molecule is CN(C)C(=O)c1cccc(OCc2ccc(Cl)c(Cl)c2)c1. The summed E-state index contributed by atoms with van der Waals surface area (Å²) < 4.78 is 5.69. The van der Waals surface area contributed by atoms with Crippen LogP contribution in [0, 0.1) is 0 Å². The van der Waals surface area contributed by atoms with Gasteiger partial charge in [0.15, 0.2) is 0 Å². The summed E-state index contributed by atoms with van der Waals surface area (Å²) in [5.41, 5.74) is 1.50. The van der Waals surface area contributed by atoms with Gasteiger partial charge in [-0.2, -0.15) is 0 Å².